The largest absolute Gasteiger partial charge is 0.325 e. The molecule has 3 unspecified atom stereocenters. The van der Waals surface area contributed by atoms with E-state index >= 15 is 0 Å². The first-order chi connectivity index (χ1) is 17.1. The fourth-order valence-corrected chi connectivity index (χ4v) is 4.71. The van der Waals surface area contributed by atoms with Crippen LogP contribution in [0.25, 0.3) is 6.20 Å². The third-order valence-electron chi connectivity index (χ3n) is 7.10. The predicted octanol–water partition coefficient (Wildman–Crippen LogP) is 6.81. The highest BCUT2D eigenvalue weighted by Gasteiger charge is 2.38. The minimum absolute atomic E-state index is 0.0159. The van der Waals surface area contributed by atoms with E-state index in [1.165, 1.54) is 6.42 Å². The van der Waals surface area contributed by atoms with E-state index in [-0.39, 0.29) is 11.5 Å². The molecule has 0 aliphatic heterocycles. The van der Waals surface area contributed by atoms with Gasteiger partial charge in [-0.05, 0) is 62.9 Å². The smallest absolute Gasteiger partial charge is 0.233 e. The highest BCUT2D eigenvalue weighted by molar-refractivity contribution is 5.84. The SMILES string of the molecule is C#CC(/C=C\C=C/C)c1cnc(/N=C/C2=CCC(C3(N)CCC3)C=C2)n1/C=C/C1C=CCC=CC1. The van der Waals surface area contributed by atoms with Gasteiger partial charge in [0.15, 0.2) is 0 Å². The summed E-state index contributed by atoms with van der Waals surface area (Å²) in [5, 5.41) is 0. The van der Waals surface area contributed by atoms with Crippen LogP contribution in [-0.4, -0.2) is 21.3 Å². The van der Waals surface area contributed by atoms with Crippen LogP contribution in [0, 0.1) is 24.2 Å². The lowest BCUT2D eigenvalue weighted by Gasteiger charge is -2.44. The van der Waals surface area contributed by atoms with Gasteiger partial charge in [-0.15, -0.1) is 6.42 Å². The van der Waals surface area contributed by atoms with Crippen LogP contribution in [0.4, 0.5) is 5.95 Å². The van der Waals surface area contributed by atoms with E-state index in [1.54, 1.807) is 0 Å². The van der Waals surface area contributed by atoms with Crippen molar-refractivity contribution in [1.29, 1.82) is 0 Å². The van der Waals surface area contributed by atoms with Crippen molar-refractivity contribution in [2.75, 3.05) is 0 Å². The van der Waals surface area contributed by atoms with Crippen molar-refractivity contribution in [1.82, 2.24) is 9.55 Å². The van der Waals surface area contributed by atoms with Gasteiger partial charge in [0.05, 0.1) is 17.8 Å². The van der Waals surface area contributed by atoms with Crippen LogP contribution < -0.4 is 5.73 Å². The zero-order valence-electron chi connectivity index (χ0n) is 20.6. The molecule has 4 rings (SSSR count). The number of aromatic nitrogens is 2. The van der Waals surface area contributed by atoms with Crippen LogP contribution in [0.3, 0.4) is 0 Å². The van der Waals surface area contributed by atoms with E-state index in [9.17, 15) is 0 Å². The highest BCUT2D eigenvalue weighted by Crippen LogP contribution is 2.40. The maximum Gasteiger partial charge on any atom is 0.233 e. The molecule has 35 heavy (non-hydrogen) atoms. The van der Waals surface area contributed by atoms with Gasteiger partial charge in [-0.3, -0.25) is 4.57 Å². The Morgan fingerprint density at radius 1 is 1.23 bits per heavy atom. The average molecular weight is 465 g/mol. The number of allylic oxidation sites excluding steroid dienone is 12. The monoisotopic (exact) mass is 464 g/mol. The average Bonchev–Trinajstić information content (AvgIpc) is 3.07. The van der Waals surface area contributed by atoms with E-state index in [0.29, 0.717) is 17.8 Å². The van der Waals surface area contributed by atoms with Gasteiger partial charge in [0.25, 0.3) is 0 Å². The van der Waals surface area contributed by atoms with Crippen LogP contribution in [0.15, 0.2) is 89.7 Å². The quantitative estimate of drug-likeness (QED) is 0.199. The second-order valence-electron chi connectivity index (χ2n) is 9.53. The highest BCUT2D eigenvalue weighted by atomic mass is 15.2. The minimum Gasteiger partial charge on any atom is -0.325 e. The first-order valence-electron chi connectivity index (χ1n) is 12.7. The van der Waals surface area contributed by atoms with Gasteiger partial charge in [-0.25, -0.2) is 9.98 Å². The molecular weight excluding hydrogens is 428 g/mol. The zero-order chi connectivity index (χ0) is 24.5. The molecule has 3 aliphatic carbocycles. The fourth-order valence-electron chi connectivity index (χ4n) is 4.71. The predicted molar refractivity (Wildman–Crippen MR) is 148 cm³/mol. The molecule has 3 atom stereocenters. The Morgan fingerprint density at radius 2 is 2.11 bits per heavy atom. The second kappa shape index (κ2) is 11.8. The summed E-state index contributed by atoms with van der Waals surface area (Å²) in [6.45, 7) is 1.99. The van der Waals surface area contributed by atoms with Gasteiger partial charge in [-0.2, -0.15) is 0 Å². The molecule has 1 heterocycles. The van der Waals surface area contributed by atoms with Crippen LogP contribution in [0.5, 0.6) is 0 Å². The first-order valence-corrected chi connectivity index (χ1v) is 12.7. The Hall–Kier alpha value is -3.42. The zero-order valence-corrected chi connectivity index (χ0v) is 20.6. The summed E-state index contributed by atoms with van der Waals surface area (Å²) in [6, 6.07) is 0. The Labute approximate surface area is 210 Å². The number of terminal acetylenes is 1. The van der Waals surface area contributed by atoms with E-state index in [4.69, 9.17) is 17.1 Å². The van der Waals surface area contributed by atoms with Crippen LogP contribution in [0.2, 0.25) is 0 Å². The molecule has 0 saturated heterocycles. The molecule has 0 bridgehead atoms. The molecule has 4 heteroatoms. The maximum absolute atomic E-state index is 6.53. The molecule has 1 saturated carbocycles. The van der Waals surface area contributed by atoms with Crippen LogP contribution in [0.1, 0.15) is 57.1 Å². The summed E-state index contributed by atoms with van der Waals surface area (Å²) in [7, 11) is 0. The lowest BCUT2D eigenvalue weighted by atomic mass is 9.67. The first kappa shape index (κ1) is 24.7. The second-order valence-corrected chi connectivity index (χ2v) is 9.53. The number of hydrogen-bond acceptors (Lipinski definition) is 3. The molecule has 3 aliphatic rings. The van der Waals surface area contributed by atoms with Crippen molar-refractivity contribution in [3.63, 3.8) is 0 Å². The number of aliphatic imine (C=N–C) groups is 1. The summed E-state index contributed by atoms with van der Waals surface area (Å²) in [4.78, 5) is 9.37. The van der Waals surface area contributed by atoms with E-state index in [1.807, 2.05) is 48.2 Å². The number of rotatable bonds is 8. The van der Waals surface area contributed by atoms with Gasteiger partial charge in [0.1, 0.15) is 0 Å². The lowest BCUT2D eigenvalue weighted by Crippen LogP contribution is -2.52. The number of hydrogen-bond donors (Lipinski definition) is 1. The summed E-state index contributed by atoms with van der Waals surface area (Å²) < 4.78 is 2.02. The summed E-state index contributed by atoms with van der Waals surface area (Å²) in [5.41, 5.74) is 8.52. The van der Waals surface area contributed by atoms with Gasteiger partial charge in [0, 0.05) is 18.0 Å². The Bertz CT molecular complexity index is 1150. The van der Waals surface area contributed by atoms with Gasteiger partial charge in [-0.1, -0.05) is 78.8 Å². The third kappa shape index (κ3) is 6.18. The van der Waals surface area contributed by atoms with Crippen molar-refractivity contribution >= 4 is 18.4 Å². The third-order valence-corrected chi connectivity index (χ3v) is 7.10. The van der Waals surface area contributed by atoms with Crippen molar-refractivity contribution in [2.24, 2.45) is 22.6 Å². The Kier molecular flexibility index (Phi) is 8.34. The van der Waals surface area contributed by atoms with Gasteiger partial charge in [0.2, 0.25) is 5.95 Å². The van der Waals surface area contributed by atoms with Crippen LogP contribution >= 0.6 is 0 Å². The van der Waals surface area contributed by atoms with E-state index in [2.05, 4.69) is 65.7 Å². The normalized spacial score (nSPS) is 24.8. The lowest BCUT2D eigenvalue weighted by molar-refractivity contribution is 0.183. The molecule has 0 spiro atoms. The number of imidazole rings is 1. The Morgan fingerprint density at radius 3 is 2.83 bits per heavy atom. The van der Waals surface area contributed by atoms with Gasteiger partial charge >= 0.3 is 0 Å². The van der Waals surface area contributed by atoms with Crippen molar-refractivity contribution in [3.05, 3.63) is 90.4 Å². The molecule has 1 aromatic rings. The van der Waals surface area contributed by atoms with E-state index in [0.717, 1.165) is 43.4 Å². The molecular formula is C31H36N4. The molecule has 4 nitrogen and oxygen atoms in total. The van der Waals surface area contributed by atoms with Crippen molar-refractivity contribution in [2.45, 2.75) is 56.9 Å². The standard InChI is InChI=1S/C31H36N4/c1-3-5-8-14-27(4-2)29-24-34-30(35(29)22-19-25-12-9-6-7-10-13-25)33-23-26-15-17-28(18-16-26)31(32)20-11-21-31/h2-3,5-6,8-10,13-17,19,22-25,27-28H,7,11-12,18,20-21,32H2,1H3/b5-3-,14-8-,22-19+,33-23+. The molecule has 180 valence electrons. The number of nitrogens with two attached hydrogens (primary N) is 1. The number of nitrogens with zero attached hydrogens (tertiary/aromatic N) is 3. The summed E-state index contributed by atoms with van der Waals surface area (Å²) in [5.74, 6) is 4.06. The molecule has 2 N–H and O–H groups in total. The molecule has 0 aromatic carbocycles. The molecule has 1 fully saturated rings. The van der Waals surface area contributed by atoms with Crippen molar-refractivity contribution < 1.29 is 0 Å². The summed E-state index contributed by atoms with van der Waals surface area (Å²) in [6.07, 6.45) is 43.8. The van der Waals surface area contributed by atoms with E-state index < -0.39 is 0 Å². The molecule has 0 amide bonds. The van der Waals surface area contributed by atoms with Crippen molar-refractivity contribution in [3.8, 4) is 12.3 Å². The minimum atomic E-state index is -0.199. The molecule has 0 radical (unpaired) electrons. The molecule has 1 aromatic heterocycles. The Balaban J connectivity index is 1.57. The topological polar surface area (TPSA) is 56.2 Å². The summed E-state index contributed by atoms with van der Waals surface area (Å²) >= 11 is 0. The van der Waals surface area contributed by atoms with Gasteiger partial charge < -0.3 is 5.73 Å². The van der Waals surface area contributed by atoms with Crippen LogP contribution in [-0.2, 0) is 0 Å². The maximum atomic E-state index is 6.53. The fraction of sp³-hybridized carbons (Fsp3) is 0.355.